The molecular formula is C15H21N3O. The molecule has 2 aliphatic heterocycles. The molecule has 0 aromatic heterocycles. The molecule has 3 rings (SSSR count). The van der Waals surface area contributed by atoms with Gasteiger partial charge in [0.2, 0.25) is 5.91 Å². The largest absolute Gasteiger partial charge is 0.384 e. The fraction of sp³-hybridized carbons (Fsp3) is 0.533. The van der Waals surface area contributed by atoms with E-state index in [2.05, 4.69) is 35.5 Å². The summed E-state index contributed by atoms with van der Waals surface area (Å²) < 4.78 is 0. The normalized spacial score (nSPS) is 19.1. The van der Waals surface area contributed by atoms with Crippen molar-refractivity contribution >= 4 is 11.6 Å². The number of hydrogen-bond donors (Lipinski definition) is 1. The summed E-state index contributed by atoms with van der Waals surface area (Å²) in [6, 6.07) is 6.29. The van der Waals surface area contributed by atoms with E-state index < -0.39 is 0 Å². The number of likely N-dealkylation sites (N-methyl/N-ethyl adjacent to an activating group) is 1. The quantitative estimate of drug-likeness (QED) is 0.859. The number of anilines is 1. The minimum Gasteiger partial charge on any atom is -0.384 e. The third-order valence-electron chi connectivity index (χ3n) is 4.13. The highest BCUT2D eigenvalue weighted by Gasteiger charge is 2.21. The summed E-state index contributed by atoms with van der Waals surface area (Å²) in [5.74, 6) is 0.259. The van der Waals surface area contributed by atoms with Gasteiger partial charge in [0.05, 0.1) is 6.42 Å². The molecule has 0 bridgehead atoms. The maximum atomic E-state index is 12.4. The Labute approximate surface area is 114 Å². The Morgan fingerprint density at radius 3 is 2.84 bits per heavy atom. The van der Waals surface area contributed by atoms with Gasteiger partial charge in [-0.3, -0.25) is 4.79 Å². The number of fused-ring (bicyclic) bond motifs is 1. The lowest BCUT2D eigenvalue weighted by molar-refractivity contribution is -0.132. The van der Waals surface area contributed by atoms with E-state index in [1.807, 2.05) is 4.90 Å². The van der Waals surface area contributed by atoms with E-state index in [-0.39, 0.29) is 5.91 Å². The van der Waals surface area contributed by atoms with Gasteiger partial charge in [-0.1, -0.05) is 18.2 Å². The summed E-state index contributed by atoms with van der Waals surface area (Å²) in [6.07, 6.45) is 1.60. The SMILES string of the molecule is CN1CCN(C(=O)Cc2cccc3c2NCC3)CC1. The summed E-state index contributed by atoms with van der Waals surface area (Å²) in [7, 11) is 2.11. The average Bonchev–Trinajstić information content (AvgIpc) is 2.89. The van der Waals surface area contributed by atoms with E-state index >= 15 is 0 Å². The number of carbonyl (C=O) groups excluding carboxylic acids is 1. The van der Waals surface area contributed by atoms with Gasteiger partial charge in [-0.15, -0.1) is 0 Å². The summed E-state index contributed by atoms with van der Waals surface area (Å²) in [6.45, 7) is 4.68. The van der Waals surface area contributed by atoms with E-state index in [0.29, 0.717) is 6.42 Å². The van der Waals surface area contributed by atoms with Crippen LogP contribution >= 0.6 is 0 Å². The predicted molar refractivity (Wildman–Crippen MR) is 76.4 cm³/mol. The van der Waals surface area contributed by atoms with Crippen molar-refractivity contribution in [2.75, 3.05) is 45.1 Å². The van der Waals surface area contributed by atoms with Crippen LogP contribution in [-0.4, -0.2) is 55.5 Å². The second-order valence-corrected chi connectivity index (χ2v) is 5.49. The summed E-state index contributed by atoms with van der Waals surface area (Å²) >= 11 is 0. The Hall–Kier alpha value is -1.55. The number of amides is 1. The van der Waals surface area contributed by atoms with Crippen LogP contribution in [0.1, 0.15) is 11.1 Å². The van der Waals surface area contributed by atoms with Crippen LogP contribution in [0.3, 0.4) is 0 Å². The van der Waals surface area contributed by atoms with Gasteiger partial charge in [-0.05, 0) is 24.6 Å². The molecule has 0 unspecified atom stereocenters. The summed E-state index contributed by atoms with van der Waals surface area (Å²) in [4.78, 5) is 16.6. The molecule has 2 heterocycles. The van der Waals surface area contributed by atoms with Crippen molar-refractivity contribution < 1.29 is 4.79 Å². The maximum Gasteiger partial charge on any atom is 0.227 e. The number of para-hydroxylation sites is 1. The van der Waals surface area contributed by atoms with Crippen LogP contribution < -0.4 is 5.32 Å². The van der Waals surface area contributed by atoms with Crippen LogP contribution in [0.5, 0.6) is 0 Å². The smallest absolute Gasteiger partial charge is 0.227 e. The molecule has 0 spiro atoms. The molecule has 1 amide bonds. The van der Waals surface area contributed by atoms with Gasteiger partial charge >= 0.3 is 0 Å². The maximum absolute atomic E-state index is 12.4. The Morgan fingerprint density at radius 2 is 2.05 bits per heavy atom. The lowest BCUT2D eigenvalue weighted by Crippen LogP contribution is -2.47. The van der Waals surface area contributed by atoms with E-state index in [1.165, 1.54) is 11.3 Å². The molecular weight excluding hydrogens is 238 g/mol. The Balaban J connectivity index is 1.68. The predicted octanol–water partition coefficient (Wildman–Crippen LogP) is 0.971. The molecule has 19 heavy (non-hydrogen) atoms. The summed E-state index contributed by atoms with van der Waals surface area (Å²) in [5.41, 5.74) is 3.70. The zero-order valence-electron chi connectivity index (χ0n) is 11.5. The number of piperazine rings is 1. The molecule has 1 aromatic carbocycles. The minimum atomic E-state index is 0.259. The molecule has 0 saturated carbocycles. The van der Waals surface area contributed by atoms with Crippen LogP contribution in [0.25, 0.3) is 0 Å². The van der Waals surface area contributed by atoms with Crippen molar-refractivity contribution in [1.29, 1.82) is 0 Å². The van der Waals surface area contributed by atoms with Gasteiger partial charge in [0.15, 0.2) is 0 Å². The van der Waals surface area contributed by atoms with Crippen molar-refractivity contribution in [3.8, 4) is 0 Å². The molecule has 0 radical (unpaired) electrons. The fourth-order valence-corrected chi connectivity index (χ4v) is 2.89. The fourth-order valence-electron chi connectivity index (χ4n) is 2.89. The van der Waals surface area contributed by atoms with Gasteiger partial charge in [0.25, 0.3) is 0 Å². The van der Waals surface area contributed by atoms with Gasteiger partial charge in [0.1, 0.15) is 0 Å². The third kappa shape index (κ3) is 2.59. The van der Waals surface area contributed by atoms with E-state index in [9.17, 15) is 4.79 Å². The van der Waals surface area contributed by atoms with E-state index in [0.717, 1.165) is 44.7 Å². The van der Waals surface area contributed by atoms with Gasteiger partial charge in [-0.25, -0.2) is 0 Å². The highest BCUT2D eigenvalue weighted by Crippen LogP contribution is 2.27. The molecule has 4 heteroatoms. The standard InChI is InChI=1S/C15H21N3O/c1-17-7-9-18(10-8-17)14(19)11-13-4-2-3-12-5-6-16-15(12)13/h2-4,16H,5-11H2,1H3. The first kappa shape index (κ1) is 12.5. The van der Waals surface area contributed by atoms with Crippen molar-refractivity contribution in [2.24, 2.45) is 0 Å². The third-order valence-corrected chi connectivity index (χ3v) is 4.13. The number of hydrogen-bond acceptors (Lipinski definition) is 3. The number of nitrogens with zero attached hydrogens (tertiary/aromatic N) is 2. The van der Waals surface area contributed by atoms with Crippen molar-refractivity contribution in [2.45, 2.75) is 12.8 Å². The van der Waals surface area contributed by atoms with Crippen LogP contribution in [0.15, 0.2) is 18.2 Å². The van der Waals surface area contributed by atoms with Crippen LogP contribution in [-0.2, 0) is 17.6 Å². The van der Waals surface area contributed by atoms with Crippen molar-refractivity contribution in [3.63, 3.8) is 0 Å². The minimum absolute atomic E-state index is 0.259. The first-order chi connectivity index (χ1) is 9.24. The molecule has 4 nitrogen and oxygen atoms in total. The average molecular weight is 259 g/mol. The van der Waals surface area contributed by atoms with Crippen molar-refractivity contribution in [3.05, 3.63) is 29.3 Å². The Morgan fingerprint density at radius 1 is 1.26 bits per heavy atom. The lowest BCUT2D eigenvalue weighted by Gasteiger charge is -2.32. The molecule has 1 N–H and O–H groups in total. The van der Waals surface area contributed by atoms with E-state index in [4.69, 9.17) is 0 Å². The van der Waals surface area contributed by atoms with Crippen molar-refractivity contribution in [1.82, 2.24) is 9.80 Å². The number of nitrogens with one attached hydrogen (secondary N) is 1. The Bertz CT molecular complexity index is 478. The molecule has 1 fully saturated rings. The number of carbonyl (C=O) groups is 1. The first-order valence-electron chi connectivity index (χ1n) is 7.05. The number of benzene rings is 1. The first-order valence-corrected chi connectivity index (χ1v) is 7.05. The van der Waals surface area contributed by atoms with E-state index in [1.54, 1.807) is 0 Å². The molecule has 1 saturated heterocycles. The molecule has 2 aliphatic rings. The van der Waals surface area contributed by atoms with Crippen LogP contribution in [0.2, 0.25) is 0 Å². The van der Waals surface area contributed by atoms with Gasteiger partial charge < -0.3 is 15.1 Å². The molecule has 0 atom stereocenters. The highest BCUT2D eigenvalue weighted by atomic mass is 16.2. The zero-order valence-corrected chi connectivity index (χ0v) is 11.5. The topological polar surface area (TPSA) is 35.6 Å². The molecule has 102 valence electrons. The van der Waals surface area contributed by atoms with Gasteiger partial charge in [0, 0.05) is 38.4 Å². The molecule has 0 aliphatic carbocycles. The Kier molecular flexibility index (Phi) is 3.42. The lowest BCUT2D eigenvalue weighted by atomic mass is 10.0. The van der Waals surface area contributed by atoms with Crippen LogP contribution in [0.4, 0.5) is 5.69 Å². The monoisotopic (exact) mass is 259 g/mol. The zero-order chi connectivity index (χ0) is 13.2. The molecule has 1 aromatic rings. The highest BCUT2D eigenvalue weighted by molar-refractivity contribution is 5.81. The second kappa shape index (κ2) is 5.21. The second-order valence-electron chi connectivity index (χ2n) is 5.49. The van der Waals surface area contributed by atoms with Gasteiger partial charge in [-0.2, -0.15) is 0 Å². The van der Waals surface area contributed by atoms with Crippen LogP contribution in [0, 0.1) is 0 Å². The summed E-state index contributed by atoms with van der Waals surface area (Å²) in [5, 5.41) is 3.41. The number of rotatable bonds is 2.